The summed E-state index contributed by atoms with van der Waals surface area (Å²) in [7, 11) is 0. The summed E-state index contributed by atoms with van der Waals surface area (Å²) < 4.78 is 0. The highest BCUT2D eigenvalue weighted by Gasteiger charge is 2.66. The molecule has 0 amide bonds. The molecule has 16 aliphatic carbocycles. The van der Waals surface area contributed by atoms with Crippen LogP contribution in [-0.2, 0) is 0 Å². The first-order chi connectivity index (χ1) is 54.6. The van der Waals surface area contributed by atoms with Crippen LogP contribution in [0.1, 0.15) is 494 Å². The predicted octanol–water partition coefficient (Wildman–Crippen LogP) is 36.1. The van der Waals surface area contributed by atoms with Crippen LogP contribution in [0.2, 0.25) is 0 Å². The lowest BCUT2D eigenvalue weighted by Crippen LogP contribution is -2.53. The molecule has 0 heterocycles. The Morgan fingerprint density at radius 1 is 0.235 bits per heavy atom. The molecule has 0 aliphatic heterocycles. The van der Waals surface area contributed by atoms with Gasteiger partial charge in [0.15, 0.2) is 0 Å². The van der Waals surface area contributed by atoms with Gasteiger partial charge in [-0.1, -0.05) is 275 Å². The molecule has 115 heavy (non-hydrogen) atoms. The molecule has 0 saturated heterocycles. The van der Waals surface area contributed by atoms with E-state index in [2.05, 4.69) is 166 Å². The second-order valence-corrected chi connectivity index (χ2v) is 53.0. The smallest absolute Gasteiger partial charge is 0.0264 e. The molecule has 0 aromatic rings. The first-order valence-electron chi connectivity index (χ1n) is 54.6. The highest BCUT2D eigenvalue weighted by Crippen LogP contribution is 2.75. The van der Waals surface area contributed by atoms with E-state index in [0.717, 1.165) is 189 Å². The van der Waals surface area contributed by atoms with Gasteiger partial charge in [-0.05, 0) is 451 Å². The number of fused-ring (bicyclic) bond motifs is 20. The molecule has 16 rings (SSSR count). The molecule has 16 aliphatic rings. The van der Waals surface area contributed by atoms with Crippen LogP contribution in [0.3, 0.4) is 0 Å². The monoisotopic (exact) mass is 1590 g/mol. The summed E-state index contributed by atoms with van der Waals surface area (Å²) in [5.74, 6) is 32.4. The summed E-state index contributed by atoms with van der Waals surface area (Å²) >= 11 is 0. The largest absolute Gasteiger partial charge is 0.0654 e. The number of rotatable bonds is 23. The second kappa shape index (κ2) is 38.3. The van der Waals surface area contributed by atoms with Crippen molar-refractivity contribution in [1.82, 2.24) is 0 Å². The molecule has 0 N–H and O–H groups in total. The first kappa shape index (κ1) is 92.7. The Labute approximate surface area is 721 Å². The summed E-state index contributed by atoms with van der Waals surface area (Å²) in [5.41, 5.74) is 5.44. The van der Waals surface area contributed by atoms with Gasteiger partial charge in [0, 0.05) is 0 Å². The van der Waals surface area contributed by atoms with Crippen LogP contribution in [0.15, 0.2) is 0 Å². The van der Waals surface area contributed by atoms with Crippen molar-refractivity contribution in [3.63, 3.8) is 0 Å². The van der Waals surface area contributed by atoms with Crippen molar-refractivity contribution in [1.29, 1.82) is 0 Å². The molecule has 0 heteroatoms. The van der Waals surface area contributed by atoms with Gasteiger partial charge < -0.3 is 0 Å². The van der Waals surface area contributed by atoms with Gasteiger partial charge in [0.25, 0.3) is 0 Å². The van der Waals surface area contributed by atoms with Crippen LogP contribution in [0.4, 0.5) is 0 Å². The summed E-state index contributed by atoms with van der Waals surface area (Å²) in [6, 6.07) is 0. The van der Waals surface area contributed by atoms with Crippen LogP contribution in [0.25, 0.3) is 0 Å². The maximum atomic E-state index is 2.76. The lowest BCUT2D eigenvalue weighted by Gasteiger charge is -2.61. The van der Waals surface area contributed by atoms with Crippen molar-refractivity contribution in [3.05, 3.63) is 0 Å². The third-order valence-corrected chi connectivity index (χ3v) is 45.5. The highest BCUT2D eigenvalue weighted by atomic mass is 14.7. The highest BCUT2D eigenvalue weighted by molar-refractivity contribution is 5.15. The quantitative estimate of drug-likeness (QED) is 0.0957. The van der Waals surface area contributed by atoms with E-state index in [1.807, 2.05) is 0 Å². The Hall–Kier alpha value is 0. The van der Waals surface area contributed by atoms with Crippen LogP contribution >= 0.6 is 0 Å². The van der Waals surface area contributed by atoms with Gasteiger partial charge >= 0.3 is 0 Å². The molecule has 16 fully saturated rings. The second-order valence-electron chi connectivity index (χ2n) is 53.0. The van der Waals surface area contributed by atoms with E-state index in [1.54, 1.807) is 199 Å². The molecule has 666 valence electrons. The van der Waals surface area contributed by atoms with Crippen molar-refractivity contribution in [2.75, 3.05) is 0 Å². The fourth-order valence-electron chi connectivity index (χ4n) is 38.8. The minimum atomic E-state index is 0.668. The molecule has 0 nitrogen and oxygen atoms in total. The van der Waals surface area contributed by atoms with Gasteiger partial charge in [-0.15, -0.1) is 0 Å². The van der Waals surface area contributed by atoms with Crippen molar-refractivity contribution in [2.24, 2.45) is 233 Å². The lowest BCUT2D eigenvalue weighted by molar-refractivity contribution is -0.121. The van der Waals surface area contributed by atoms with Crippen LogP contribution in [0, 0.1) is 233 Å². The maximum Gasteiger partial charge on any atom is -0.0264 e. The minimum absolute atomic E-state index is 0.668. The van der Waals surface area contributed by atoms with E-state index in [0.29, 0.717) is 43.3 Å². The number of hydrogen-bond acceptors (Lipinski definition) is 0. The van der Waals surface area contributed by atoms with Crippen molar-refractivity contribution < 1.29 is 0 Å². The van der Waals surface area contributed by atoms with Gasteiger partial charge in [0.2, 0.25) is 0 Å². The molecule has 0 radical (unpaired) electrons. The zero-order valence-electron chi connectivity index (χ0n) is 82.5. The Balaban J connectivity index is 0.000000134. The summed E-state index contributed by atoms with van der Waals surface area (Å²) in [6.45, 7) is 61.5. The predicted molar refractivity (Wildman–Crippen MR) is 503 cm³/mol. The van der Waals surface area contributed by atoms with E-state index >= 15 is 0 Å². The SMILES string of the molecule is CC(C)CCC[C@@H](C)[C@H]1CC[C@H]2[C@@H]3CC[C@H]4C[C@@H](C)CC[C@]4(C)[C@H]3CC[C@]12C.CC(C)CCC[C@@H](C)[C@H]1CC[C@H]2[C@@H]3CC[C@H]4C[C@H](C)CC[C@]4(C)[C@H]3CC[C@]12C.CCC[C@@H]1CC[C@@]2(C)[C@@H](CC[C@@H]3[C@@H]2CC[C@]2(C)[C@@H]([C@H](C)CCCC(C)C)CC[C@@H]32)C1.CC[C@@H]1CC[C@@]2(C)[C@@H](CC[C@@H]3[C@@H]2CC[C@]2(C)[C@@H]([C@H](C)CCCC(C)C)CC[C@@H]32)C1. The fourth-order valence-corrected chi connectivity index (χ4v) is 38.8. The first-order valence-corrected chi connectivity index (χ1v) is 54.6. The van der Waals surface area contributed by atoms with Gasteiger partial charge in [0.05, 0.1) is 0 Å². The molecular formula is C115H206. The van der Waals surface area contributed by atoms with Gasteiger partial charge in [-0.2, -0.15) is 0 Å². The van der Waals surface area contributed by atoms with Crippen molar-refractivity contribution in [3.8, 4) is 0 Å². The van der Waals surface area contributed by atoms with Crippen molar-refractivity contribution in [2.45, 2.75) is 494 Å². The standard InChI is InChI=1S/C30H54.C29H52.2C28H50/c1-7-9-23-16-18-29(5)24(20-23)12-13-25-27-15-14-26(22(4)11-8-10-21(2)3)30(27,6)19-17-28(25)29;1-7-22-15-17-28(5)23(19-22)11-12-24-26-14-13-25(21(4)10-8-9-20(2)3)29(26,6)18-16-27(24)28;2*1-19(2)8-7-9-21(4)24-12-13-25-23-11-10-22-18-20(3)14-16-27(22,5)26(23)15-17-28(24,25)6/h21-28H,7-20H2,1-6H3;20-27H,7-19H2,1-6H3;2*19-26H,7-18H2,1-6H3/t22-,23-,24+,25+,26-,27+,28+,29+,30-;21-,22-,23+,24+,25-,26+,27+,28+,29-;20-,21+,22-,23-,24+,25-,26-,27-,28+;20-,21-,22+,23+,24-,25+,26+,27+,28-/m1101/s1. The van der Waals surface area contributed by atoms with Crippen LogP contribution in [-0.4, -0.2) is 0 Å². The summed E-state index contributed by atoms with van der Waals surface area (Å²) in [5, 5.41) is 0. The minimum Gasteiger partial charge on any atom is -0.0654 e. The normalized spacial score (nSPS) is 48.4. The third-order valence-electron chi connectivity index (χ3n) is 45.5. The lowest BCUT2D eigenvalue weighted by atomic mass is 9.44. The maximum absolute atomic E-state index is 2.76. The Morgan fingerprint density at radius 2 is 0.470 bits per heavy atom. The van der Waals surface area contributed by atoms with E-state index in [1.165, 1.54) is 128 Å². The molecule has 0 unspecified atom stereocenters. The number of hydrogen-bond donors (Lipinski definition) is 0. The molecule has 0 aromatic heterocycles. The fraction of sp³-hybridized carbons (Fsp3) is 1.00. The molecular weight excluding hydrogens is 1380 g/mol. The van der Waals surface area contributed by atoms with Gasteiger partial charge in [0.1, 0.15) is 0 Å². The zero-order chi connectivity index (χ0) is 82.5. The molecule has 36 atom stereocenters. The molecule has 0 aromatic carbocycles. The van der Waals surface area contributed by atoms with E-state index in [-0.39, 0.29) is 0 Å². The third kappa shape index (κ3) is 18.6. The molecule has 0 bridgehead atoms. The van der Waals surface area contributed by atoms with Gasteiger partial charge in [-0.3, -0.25) is 0 Å². The van der Waals surface area contributed by atoms with E-state index in [9.17, 15) is 0 Å². The van der Waals surface area contributed by atoms with E-state index < -0.39 is 0 Å². The topological polar surface area (TPSA) is 0 Å². The summed E-state index contributed by atoms with van der Waals surface area (Å²) in [4.78, 5) is 0. The van der Waals surface area contributed by atoms with E-state index in [4.69, 9.17) is 0 Å². The molecule has 0 spiro atoms. The summed E-state index contributed by atoms with van der Waals surface area (Å²) in [6.07, 6.45) is 77.8. The Bertz CT molecular complexity index is 2860. The average molecular weight is 1590 g/mol. The molecule has 16 saturated carbocycles. The van der Waals surface area contributed by atoms with Crippen LogP contribution in [0.5, 0.6) is 0 Å². The van der Waals surface area contributed by atoms with Gasteiger partial charge in [-0.25, -0.2) is 0 Å². The van der Waals surface area contributed by atoms with Crippen molar-refractivity contribution >= 4 is 0 Å². The Kier molecular flexibility index (Phi) is 30.8. The van der Waals surface area contributed by atoms with Crippen LogP contribution < -0.4 is 0 Å². The average Bonchev–Trinajstić information content (AvgIpc) is 1.67. The Morgan fingerprint density at radius 3 is 0.730 bits per heavy atom. The zero-order valence-corrected chi connectivity index (χ0v) is 82.5.